The monoisotopic (exact) mass is 643 g/mol. The SMILES string of the molecule is Cc1ccc(C(=O)NC2=NC(=Cc3[nH]c(NC(=O)c4ccc(C)cc4C)c(C=O)c3-c3ccccc3)C(c3ccccc3)=C2C#N)c(C)c1. The number of amides is 2. The third kappa shape index (κ3) is 6.51. The number of benzene rings is 4. The number of hydrogen-bond acceptors (Lipinski definition) is 5. The highest BCUT2D eigenvalue weighted by Crippen LogP contribution is 2.39. The number of hydrogen-bond donors (Lipinski definition) is 3. The molecule has 0 atom stereocenters. The zero-order valence-corrected chi connectivity index (χ0v) is 27.5. The molecule has 0 fully saturated rings. The van der Waals surface area contributed by atoms with Gasteiger partial charge in [-0.15, -0.1) is 0 Å². The number of aromatic amines is 1. The molecule has 240 valence electrons. The van der Waals surface area contributed by atoms with Gasteiger partial charge >= 0.3 is 0 Å². The first-order chi connectivity index (χ1) is 23.7. The first-order valence-electron chi connectivity index (χ1n) is 15.7. The number of nitrogens with zero attached hydrogens (tertiary/aromatic N) is 2. The fourth-order valence-corrected chi connectivity index (χ4v) is 6.08. The Balaban J connectivity index is 1.50. The van der Waals surface area contributed by atoms with Gasteiger partial charge in [-0.25, -0.2) is 4.99 Å². The number of aliphatic imine (C=N–C) groups is 1. The van der Waals surface area contributed by atoms with Crippen molar-refractivity contribution in [2.24, 2.45) is 4.99 Å². The van der Waals surface area contributed by atoms with Crippen LogP contribution < -0.4 is 10.6 Å². The Morgan fingerprint density at radius 1 is 0.755 bits per heavy atom. The van der Waals surface area contributed by atoms with Gasteiger partial charge in [0.15, 0.2) is 12.1 Å². The van der Waals surface area contributed by atoms with Gasteiger partial charge in [0.2, 0.25) is 0 Å². The summed E-state index contributed by atoms with van der Waals surface area (Å²) < 4.78 is 0. The van der Waals surface area contributed by atoms with Crippen LogP contribution in [0.25, 0.3) is 22.8 Å². The van der Waals surface area contributed by atoms with E-state index in [1.807, 2.05) is 113 Å². The van der Waals surface area contributed by atoms with Gasteiger partial charge in [0.1, 0.15) is 17.5 Å². The van der Waals surface area contributed by atoms with Crippen molar-refractivity contribution in [2.45, 2.75) is 27.7 Å². The number of nitriles is 1. The van der Waals surface area contributed by atoms with E-state index >= 15 is 0 Å². The largest absolute Gasteiger partial charge is 0.341 e. The molecule has 4 aromatic carbocycles. The number of aldehydes is 1. The molecule has 1 aliphatic heterocycles. The van der Waals surface area contributed by atoms with Crippen molar-refractivity contribution >= 4 is 41.4 Å². The molecular weight excluding hydrogens is 610 g/mol. The molecule has 0 spiro atoms. The summed E-state index contributed by atoms with van der Waals surface area (Å²) >= 11 is 0. The summed E-state index contributed by atoms with van der Waals surface area (Å²) in [5.41, 5.74) is 8.46. The van der Waals surface area contributed by atoms with Crippen LogP contribution in [0.4, 0.5) is 5.82 Å². The lowest BCUT2D eigenvalue weighted by atomic mass is 9.96. The maximum Gasteiger partial charge on any atom is 0.257 e. The number of amidine groups is 1. The second-order valence-corrected chi connectivity index (χ2v) is 11.9. The third-order valence-corrected chi connectivity index (χ3v) is 8.40. The van der Waals surface area contributed by atoms with Crippen LogP contribution >= 0.6 is 0 Å². The molecule has 3 N–H and O–H groups in total. The van der Waals surface area contributed by atoms with Crippen molar-refractivity contribution in [1.29, 1.82) is 5.26 Å². The number of carbonyl (C=O) groups excluding carboxylic acids is 3. The van der Waals surface area contributed by atoms with Gasteiger partial charge in [0.25, 0.3) is 11.8 Å². The first-order valence-corrected chi connectivity index (χ1v) is 15.7. The number of allylic oxidation sites excluding steroid dienone is 1. The van der Waals surface area contributed by atoms with E-state index in [9.17, 15) is 19.6 Å². The van der Waals surface area contributed by atoms with Crippen molar-refractivity contribution in [2.75, 3.05) is 5.32 Å². The zero-order valence-electron chi connectivity index (χ0n) is 27.5. The molecule has 0 saturated carbocycles. The van der Waals surface area contributed by atoms with Crippen molar-refractivity contribution in [3.63, 3.8) is 0 Å². The standard InChI is InChI=1S/C41H33N5O3/c1-24-15-17-30(26(3)19-24)40(48)45-38-32(22-42)36(28-11-7-5-8-12-28)34(43-38)21-35-37(29-13-9-6-10-14-29)33(23-47)39(44-35)46-41(49)31-18-16-25(2)20-27(31)4/h5-21,23,44H,1-4H3,(H,46,49)(H,43,45,48). The van der Waals surface area contributed by atoms with Crippen LogP contribution in [0.3, 0.4) is 0 Å². The quantitative estimate of drug-likeness (QED) is 0.155. The van der Waals surface area contributed by atoms with E-state index in [2.05, 4.69) is 21.7 Å². The minimum absolute atomic E-state index is 0.115. The molecule has 1 aliphatic rings. The molecule has 1 aromatic heterocycles. The molecule has 0 unspecified atom stereocenters. The summed E-state index contributed by atoms with van der Waals surface area (Å²) in [4.78, 5) is 47.7. The van der Waals surface area contributed by atoms with E-state index in [1.54, 1.807) is 18.2 Å². The molecule has 49 heavy (non-hydrogen) atoms. The molecule has 0 saturated heterocycles. The minimum atomic E-state index is -0.387. The van der Waals surface area contributed by atoms with Crippen LogP contribution in [-0.4, -0.2) is 28.9 Å². The highest BCUT2D eigenvalue weighted by molar-refractivity contribution is 6.22. The first kappa shape index (κ1) is 32.4. The van der Waals surface area contributed by atoms with Gasteiger partial charge in [0.05, 0.1) is 17.0 Å². The third-order valence-electron chi connectivity index (χ3n) is 8.40. The lowest BCUT2D eigenvalue weighted by Crippen LogP contribution is -2.31. The van der Waals surface area contributed by atoms with Crippen LogP contribution in [0, 0.1) is 39.0 Å². The summed E-state index contributed by atoms with van der Waals surface area (Å²) in [5.74, 6) is -0.416. The Hall–Kier alpha value is -6.59. The lowest BCUT2D eigenvalue weighted by molar-refractivity contribution is 0.0974. The molecular formula is C41H33N5O3. The Kier molecular flexibility index (Phi) is 9.01. The van der Waals surface area contributed by atoms with Gasteiger partial charge in [0, 0.05) is 22.3 Å². The summed E-state index contributed by atoms with van der Waals surface area (Å²) in [6.45, 7) is 7.63. The van der Waals surface area contributed by atoms with Crippen molar-refractivity contribution in [3.8, 4) is 17.2 Å². The van der Waals surface area contributed by atoms with E-state index < -0.39 is 0 Å². The number of anilines is 1. The second-order valence-electron chi connectivity index (χ2n) is 11.9. The molecule has 0 aliphatic carbocycles. The summed E-state index contributed by atoms with van der Waals surface area (Å²) in [5, 5.41) is 16.2. The fourth-order valence-electron chi connectivity index (χ4n) is 6.08. The van der Waals surface area contributed by atoms with Crippen LogP contribution in [-0.2, 0) is 0 Å². The number of nitrogens with one attached hydrogen (secondary N) is 3. The Labute approximate surface area is 284 Å². The molecule has 2 heterocycles. The number of aromatic nitrogens is 1. The van der Waals surface area contributed by atoms with Gasteiger partial charge in [-0.1, -0.05) is 96.1 Å². The van der Waals surface area contributed by atoms with E-state index in [1.165, 1.54) is 0 Å². The van der Waals surface area contributed by atoms with E-state index in [0.29, 0.717) is 39.9 Å². The number of carbonyl (C=O) groups is 3. The summed E-state index contributed by atoms with van der Waals surface area (Å²) in [6, 6.07) is 32.0. The molecule has 8 nitrogen and oxygen atoms in total. The topological polar surface area (TPSA) is 127 Å². The van der Waals surface area contributed by atoms with Crippen LogP contribution in [0.15, 0.2) is 113 Å². The van der Waals surface area contributed by atoms with E-state index in [4.69, 9.17) is 4.99 Å². The molecule has 0 bridgehead atoms. The van der Waals surface area contributed by atoms with Gasteiger partial charge in [-0.3, -0.25) is 14.4 Å². The Bertz CT molecular complexity index is 2270. The summed E-state index contributed by atoms with van der Waals surface area (Å²) in [6.07, 6.45) is 2.44. The number of H-pyrrole nitrogens is 1. The Morgan fingerprint density at radius 2 is 1.31 bits per heavy atom. The predicted molar refractivity (Wildman–Crippen MR) is 193 cm³/mol. The smallest absolute Gasteiger partial charge is 0.257 e. The second kappa shape index (κ2) is 13.6. The van der Waals surface area contributed by atoms with E-state index in [-0.39, 0.29) is 34.6 Å². The molecule has 5 aromatic rings. The minimum Gasteiger partial charge on any atom is -0.341 e. The molecule has 2 amide bonds. The highest BCUT2D eigenvalue weighted by Gasteiger charge is 2.29. The molecule has 8 heteroatoms. The van der Waals surface area contributed by atoms with Gasteiger partial charge < -0.3 is 15.6 Å². The zero-order chi connectivity index (χ0) is 34.7. The Morgan fingerprint density at radius 3 is 1.84 bits per heavy atom. The fraction of sp³-hybridized carbons (Fsp3) is 0.0976. The lowest BCUT2D eigenvalue weighted by Gasteiger charge is -2.08. The summed E-state index contributed by atoms with van der Waals surface area (Å²) in [7, 11) is 0. The average Bonchev–Trinajstić information content (AvgIpc) is 3.61. The number of rotatable bonds is 7. The van der Waals surface area contributed by atoms with Crippen LogP contribution in [0.1, 0.15) is 64.6 Å². The highest BCUT2D eigenvalue weighted by atomic mass is 16.2. The van der Waals surface area contributed by atoms with Gasteiger partial charge in [-0.2, -0.15) is 5.26 Å². The van der Waals surface area contributed by atoms with Gasteiger partial charge in [-0.05, 0) is 68.2 Å². The van der Waals surface area contributed by atoms with Crippen LogP contribution in [0.2, 0.25) is 0 Å². The molecule has 6 rings (SSSR count). The van der Waals surface area contributed by atoms with Crippen LogP contribution in [0.5, 0.6) is 0 Å². The van der Waals surface area contributed by atoms with Crippen molar-refractivity contribution < 1.29 is 14.4 Å². The predicted octanol–water partition coefficient (Wildman–Crippen LogP) is 8.14. The molecule has 0 radical (unpaired) electrons. The van der Waals surface area contributed by atoms with E-state index in [0.717, 1.165) is 33.4 Å². The maximum atomic E-state index is 13.5. The average molecular weight is 644 g/mol. The number of aryl methyl sites for hydroxylation is 4. The maximum absolute atomic E-state index is 13.5. The van der Waals surface area contributed by atoms with Crippen molar-refractivity contribution in [3.05, 3.63) is 159 Å². The normalized spacial score (nSPS) is 13.2. The van der Waals surface area contributed by atoms with Crippen molar-refractivity contribution in [1.82, 2.24) is 10.3 Å².